The van der Waals surface area contributed by atoms with Gasteiger partial charge in [0.2, 0.25) is 5.91 Å². The average Bonchev–Trinajstić information content (AvgIpc) is 3.46. The summed E-state index contributed by atoms with van der Waals surface area (Å²) in [5.41, 5.74) is 0.631. The minimum Gasteiger partial charge on any atom is -0.458 e. The van der Waals surface area contributed by atoms with Gasteiger partial charge in [-0.1, -0.05) is 44.6 Å². The molecule has 1 heterocycles. The monoisotopic (exact) mass is 466 g/mol. The van der Waals surface area contributed by atoms with Gasteiger partial charge >= 0.3 is 5.97 Å². The molecule has 3 aliphatic carbocycles. The minimum absolute atomic E-state index is 0.0986. The Morgan fingerprint density at radius 2 is 1.50 bits per heavy atom. The molecule has 1 aromatic carbocycles. The van der Waals surface area contributed by atoms with Crippen molar-refractivity contribution in [3.05, 3.63) is 29.8 Å². The van der Waals surface area contributed by atoms with Gasteiger partial charge in [-0.2, -0.15) is 0 Å². The molecule has 4 fully saturated rings. The van der Waals surface area contributed by atoms with E-state index in [1.54, 1.807) is 0 Å². The smallest absolute Gasteiger partial charge is 0.307 e. The highest BCUT2D eigenvalue weighted by Gasteiger charge is 2.54. The molecule has 1 saturated heterocycles. The fourth-order valence-corrected chi connectivity index (χ4v) is 6.90. The molecular formula is C28H38N2O4. The summed E-state index contributed by atoms with van der Waals surface area (Å²) in [7, 11) is 0. The second kappa shape index (κ2) is 10.1. The fourth-order valence-electron chi connectivity index (χ4n) is 6.90. The van der Waals surface area contributed by atoms with E-state index in [2.05, 4.69) is 10.2 Å². The number of hydrogen-bond acceptors (Lipinski definition) is 4. The van der Waals surface area contributed by atoms with Crippen molar-refractivity contribution in [2.75, 3.05) is 5.32 Å². The SMILES string of the molecule is O=C1C[C@H](C(=O)Nc2cccc(C(=O)N(C3CCCCC3)C3CCCCC3)c2)C2(CCCC2)O1. The van der Waals surface area contributed by atoms with Crippen LogP contribution in [0, 0.1) is 5.92 Å². The molecule has 1 spiro atoms. The Kier molecular flexibility index (Phi) is 6.94. The first-order valence-electron chi connectivity index (χ1n) is 13.5. The molecule has 0 aromatic heterocycles. The van der Waals surface area contributed by atoms with Crippen molar-refractivity contribution < 1.29 is 19.1 Å². The van der Waals surface area contributed by atoms with Gasteiger partial charge in [-0.3, -0.25) is 14.4 Å². The lowest BCUT2D eigenvalue weighted by Gasteiger charge is -2.42. The van der Waals surface area contributed by atoms with Crippen LogP contribution >= 0.6 is 0 Å². The topological polar surface area (TPSA) is 75.7 Å². The summed E-state index contributed by atoms with van der Waals surface area (Å²) < 4.78 is 5.65. The summed E-state index contributed by atoms with van der Waals surface area (Å²) >= 11 is 0. The second-order valence-electron chi connectivity index (χ2n) is 10.9. The molecule has 0 radical (unpaired) electrons. The molecule has 0 bridgehead atoms. The maximum atomic E-state index is 13.8. The molecular weight excluding hydrogens is 428 g/mol. The molecule has 5 rings (SSSR count). The number of rotatable bonds is 5. The van der Waals surface area contributed by atoms with Crippen molar-refractivity contribution in [3.63, 3.8) is 0 Å². The summed E-state index contributed by atoms with van der Waals surface area (Å²) in [6.07, 6.45) is 15.3. The number of hydrogen-bond donors (Lipinski definition) is 1. The zero-order chi connectivity index (χ0) is 23.5. The molecule has 1 aliphatic heterocycles. The van der Waals surface area contributed by atoms with Crippen LogP contribution in [0.15, 0.2) is 24.3 Å². The molecule has 6 heteroatoms. The largest absolute Gasteiger partial charge is 0.458 e. The number of nitrogens with zero attached hydrogens (tertiary/aromatic N) is 1. The number of carbonyl (C=O) groups is 3. The van der Waals surface area contributed by atoms with Crippen molar-refractivity contribution in [3.8, 4) is 0 Å². The molecule has 34 heavy (non-hydrogen) atoms. The normalized spacial score (nSPS) is 25.3. The molecule has 4 aliphatic rings. The van der Waals surface area contributed by atoms with Gasteiger partial charge < -0.3 is 15.0 Å². The Morgan fingerprint density at radius 1 is 0.882 bits per heavy atom. The van der Waals surface area contributed by atoms with Gasteiger partial charge in [0.05, 0.1) is 12.3 Å². The zero-order valence-corrected chi connectivity index (χ0v) is 20.2. The first-order chi connectivity index (χ1) is 16.6. The predicted octanol–water partition coefficient (Wildman–Crippen LogP) is 5.61. The maximum Gasteiger partial charge on any atom is 0.307 e. The summed E-state index contributed by atoms with van der Waals surface area (Å²) in [6.45, 7) is 0. The Balaban J connectivity index is 1.33. The van der Waals surface area contributed by atoms with Crippen LogP contribution in [0.5, 0.6) is 0 Å². The third-order valence-corrected chi connectivity index (χ3v) is 8.64. The number of esters is 1. The molecule has 1 atom stereocenters. The van der Waals surface area contributed by atoms with Gasteiger partial charge in [0.15, 0.2) is 0 Å². The van der Waals surface area contributed by atoms with Crippen molar-refractivity contribution >= 4 is 23.5 Å². The molecule has 3 saturated carbocycles. The second-order valence-corrected chi connectivity index (χ2v) is 10.9. The Bertz CT molecular complexity index is 893. The van der Waals surface area contributed by atoms with Crippen molar-refractivity contribution in [2.24, 2.45) is 5.92 Å². The van der Waals surface area contributed by atoms with Crippen molar-refractivity contribution in [2.45, 2.75) is 114 Å². The highest BCUT2D eigenvalue weighted by Crippen LogP contribution is 2.46. The minimum atomic E-state index is -0.632. The highest BCUT2D eigenvalue weighted by molar-refractivity contribution is 5.99. The standard InChI is InChI=1S/C28H38N2O4/c31-25-19-24(28(34-25)16-7-8-17-28)26(32)29-21-11-9-10-20(18-21)27(33)30(22-12-3-1-4-13-22)23-14-5-2-6-15-23/h9-11,18,22-24H,1-8,12-17,19H2,(H,29,32)/t24-/m1/s1. The maximum absolute atomic E-state index is 13.8. The zero-order valence-electron chi connectivity index (χ0n) is 20.2. The highest BCUT2D eigenvalue weighted by atomic mass is 16.6. The first kappa shape index (κ1) is 23.4. The number of nitrogens with one attached hydrogen (secondary N) is 1. The number of benzene rings is 1. The Morgan fingerprint density at radius 3 is 2.12 bits per heavy atom. The summed E-state index contributed by atoms with van der Waals surface area (Å²) in [4.78, 5) is 41.3. The van der Waals surface area contributed by atoms with E-state index in [-0.39, 0.29) is 24.2 Å². The van der Waals surface area contributed by atoms with E-state index in [9.17, 15) is 14.4 Å². The van der Waals surface area contributed by atoms with E-state index in [4.69, 9.17) is 4.74 Å². The van der Waals surface area contributed by atoms with Crippen LogP contribution in [0.3, 0.4) is 0 Å². The van der Waals surface area contributed by atoms with Crippen LogP contribution in [0.25, 0.3) is 0 Å². The first-order valence-corrected chi connectivity index (χ1v) is 13.5. The van der Waals surface area contributed by atoms with E-state index in [0.29, 0.717) is 23.3 Å². The molecule has 1 N–H and O–H groups in total. The molecule has 0 unspecified atom stereocenters. The van der Waals surface area contributed by atoms with Crippen LogP contribution in [0.4, 0.5) is 5.69 Å². The number of ether oxygens (including phenoxy) is 1. The number of carbonyl (C=O) groups excluding carboxylic acids is 3. The van der Waals surface area contributed by atoms with Gasteiger partial charge in [-0.05, 0) is 69.6 Å². The Labute approximate surface area is 202 Å². The van der Waals surface area contributed by atoms with Crippen LogP contribution < -0.4 is 5.32 Å². The lowest BCUT2D eigenvalue weighted by Crippen LogP contribution is -2.48. The fraction of sp³-hybridized carbons (Fsp3) is 0.679. The molecule has 2 amide bonds. The van der Waals surface area contributed by atoms with Gasteiger partial charge in [0, 0.05) is 23.3 Å². The van der Waals surface area contributed by atoms with E-state index < -0.39 is 11.5 Å². The third-order valence-electron chi connectivity index (χ3n) is 8.64. The van der Waals surface area contributed by atoms with E-state index in [1.165, 1.54) is 38.5 Å². The average molecular weight is 467 g/mol. The van der Waals surface area contributed by atoms with Crippen molar-refractivity contribution in [1.29, 1.82) is 0 Å². The van der Waals surface area contributed by atoms with Crippen LogP contribution in [0.1, 0.15) is 107 Å². The molecule has 6 nitrogen and oxygen atoms in total. The van der Waals surface area contributed by atoms with E-state index in [0.717, 1.165) is 51.4 Å². The van der Waals surface area contributed by atoms with Crippen LogP contribution in [-0.4, -0.2) is 40.4 Å². The van der Waals surface area contributed by atoms with Crippen molar-refractivity contribution in [1.82, 2.24) is 4.90 Å². The lowest BCUT2D eigenvalue weighted by atomic mass is 9.85. The van der Waals surface area contributed by atoms with Gasteiger partial charge in [0.1, 0.15) is 5.60 Å². The summed E-state index contributed by atoms with van der Waals surface area (Å²) in [5.74, 6) is -0.806. The predicted molar refractivity (Wildman–Crippen MR) is 130 cm³/mol. The third kappa shape index (κ3) is 4.73. The molecule has 1 aromatic rings. The number of amides is 2. The van der Waals surface area contributed by atoms with Gasteiger partial charge in [0.25, 0.3) is 5.91 Å². The van der Waals surface area contributed by atoms with E-state index >= 15 is 0 Å². The van der Waals surface area contributed by atoms with Gasteiger partial charge in [-0.15, -0.1) is 0 Å². The quantitative estimate of drug-likeness (QED) is 0.573. The van der Waals surface area contributed by atoms with Crippen LogP contribution in [-0.2, 0) is 14.3 Å². The van der Waals surface area contributed by atoms with Gasteiger partial charge in [-0.25, -0.2) is 0 Å². The summed E-state index contributed by atoms with van der Waals surface area (Å²) in [6, 6.07) is 8.02. The Hall–Kier alpha value is -2.37. The lowest BCUT2D eigenvalue weighted by molar-refractivity contribution is -0.149. The van der Waals surface area contributed by atoms with E-state index in [1.807, 2.05) is 24.3 Å². The summed E-state index contributed by atoms with van der Waals surface area (Å²) in [5, 5.41) is 3.01. The van der Waals surface area contributed by atoms with Crippen LogP contribution in [0.2, 0.25) is 0 Å². The number of anilines is 1. The molecule has 184 valence electrons.